The van der Waals surface area contributed by atoms with Crippen LogP contribution in [0.5, 0.6) is 0 Å². The molecule has 0 unspecified atom stereocenters. The van der Waals surface area contributed by atoms with Crippen LogP contribution in [0.1, 0.15) is 10.4 Å². The number of carbonyl (C=O) groups excluding carboxylic acids is 1. The Labute approximate surface area is 165 Å². The van der Waals surface area contributed by atoms with Crippen LogP contribution in [-0.4, -0.2) is 19.5 Å². The second-order valence-corrected chi connectivity index (χ2v) is 7.28. The maximum atomic E-state index is 13.0. The lowest BCUT2D eigenvalue weighted by Crippen LogP contribution is -1.95. The fourth-order valence-corrected chi connectivity index (χ4v) is 4.17. The van der Waals surface area contributed by atoms with E-state index in [9.17, 15) is 4.79 Å². The van der Waals surface area contributed by atoms with E-state index in [1.54, 1.807) is 0 Å². The highest BCUT2D eigenvalue weighted by Crippen LogP contribution is 2.35. The van der Waals surface area contributed by atoms with Gasteiger partial charge in [0.25, 0.3) is 0 Å². The lowest BCUT2D eigenvalue weighted by atomic mass is 10.2. The molecule has 0 bridgehead atoms. The van der Waals surface area contributed by atoms with Crippen molar-refractivity contribution in [2.24, 2.45) is 0 Å². The van der Waals surface area contributed by atoms with Gasteiger partial charge in [-0.25, -0.2) is 9.97 Å². The number of fused-ring (bicyclic) bond motifs is 3. The van der Waals surface area contributed by atoms with Crippen molar-refractivity contribution >= 4 is 33.7 Å². The number of benzene rings is 2. The van der Waals surface area contributed by atoms with Crippen LogP contribution in [0, 0.1) is 0 Å². The molecule has 5 rings (SSSR count). The lowest BCUT2D eigenvalue weighted by Gasteiger charge is -2.04. The Morgan fingerprint density at radius 2 is 1.39 bits per heavy atom. The highest BCUT2D eigenvalue weighted by atomic mass is 32.2. The van der Waals surface area contributed by atoms with Gasteiger partial charge in [-0.15, -0.1) is 0 Å². The second kappa shape index (κ2) is 6.94. The number of hydrogen-bond donors (Lipinski definition) is 0. The fraction of sp³-hybridized carbons (Fsp3) is 0. The fourth-order valence-electron chi connectivity index (χ4n) is 3.21. The van der Waals surface area contributed by atoms with Crippen LogP contribution in [0.25, 0.3) is 28.1 Å². The Balaban J connectivity index is 1.75. The summed E-state index contributed by atoms with van der Waals surface area (Å²) in [7, 11) is 0. The van der Waals surface area contributed by atoms with Crippen molar-refractivity contribution in [3.8, 4) is 11.3 Å². The van der Waals surface area contributed by atoms with E-state index in [4.69, 9.17) is 4.98 Å². The summed E-state index contributed by atoms with van der Waals surface area (Å²) in [5, 5.41) is 0.762. The van der Waals surface area contributed by atoms with Gasteiger partial charge in [-0.1, -0.05) is 78.9 Å². The third kappa shape index (κ3) is 2.86. The number of carbonyl (C=O) groups is 1. The molecular formula is C23H15N3OS. The molecule has 0 saturated heterocycles. The van der Waals surface area contributed by atoms with Gasteiger partial charge < -0.3 is 0 Å². The van der Waals surface area contributed by atoms with E-state index in [0.29, 0.717) is 11.3 Å². The van der Waals surface area contributed by atoms with Crippen molar-refractivity contribution in [3.05, 3.63) is 96.6 Å². The van der Waals surface area contributed by atoms with E-state index < -0.39 is 0 Å². The lowest BCUT2D eigenvalue weighted by molar-refractivity contribution is 0.108. The van der Waals surface area contributed by atoms with Crippen molar-refractivity contribution in [1.29, 1.82) is 0 Å². The predicted molar refractivity (Wildman–Crippen MR) is 113 cm³/mol. The van der Waals surface area contributed by atoms with Gasteiger partial charge in [0.05, 0.1) is 11.0 Å². The summed E-state index contributed by atoms with van der Waals surface area (Å²) in [5.41, 5.74) is 4.17. The highest BCUT2D eigenvalue weighted by molar-refractivity contribution is 8.14. The van der Waals surface area contributed by atoms with E-state index in [-0.39, 0.29) is 5.12 Å². The molecule has 0 N–H and O–H groups in total. The van der Waals surface area contributed by atoms with Gasteiger partial charge in [-0.2, -0.15) is 0 Å². The summed E-state index contributed by atoms with van der Waals surface area (Å²) in [6, 6.07) is 29.1. The average Bonchev–Trinajstić information content (AvgIpc) is 3.16. The van der Waals surface area contributed by atoms with Crippen molar-refractivity contribution in [2.45, 2.75) is 5.03 Å². The summed E-state index contributed by atoms with van der Waals surface area (Å²) in [4.78, 5) is 22.4. The molecule has 5 aromatic rings. The SMILES string of the molecule is O=C(Sc1c(-c2ccccc2)nc2nc3cccccc3n12)c1ccccc1. The van der Waals surface area contributed by atoms with Crippen LogP contribution in [-0.2, 0) is 0 Å². The van der Waals surface area contributed by atoms with Crippen LogP contribution < -0.4 is 0 Å². The first-order chi connectivity index (χ1) is 13.8. The summed E-state index contributed by atoms with van der Waals surface area (Å²) in [5.74, 6) is 0.600. The molecule has 0 fully saturated rings. The minimum absolute atomic E-state index is 0.0192. The highest BCUT2D eigenvalue weighted by Gasteiger charge is 2.22. The van der Waals surface area contributed by atoms with Crippen LogP contribution in [0.15, 0.2) is 96.0 Å². The molecule has 2 heterocycles. The summed E-state index contributed by atoms with van der Waals surface area (Å²) < 4.78 is 1.98. The molecule has 0 saturated carbocycles. The first kappa shape index (κ1) is 16.7. The van der Waals surface area contributed by atoms with Crippen molar-refractivity contribution < 1.29 is 4.79 Å². The van der Waals surface area contributed by atoms with E-state index in [0.717, 1.165) is 27.3 Å². The Kier molecular flexibility index (Phi) is 4.14. The molecule has 0 atom stereocenters. The first-order valence-corrected chi connectivity index (χ1v) is 9.73. The monoisotopic (exact) mass is 381 g/mol. The Morgan fingerprint density at radius 1 is 0.750 bits per heavy atom. The van der Waals surface area contributed by atoms with Gasteiger partial charge >= 0.3 is 0 Å². The molecule has 0 aliphatic carbocycles. The van der Waals surface area contributed by atoms with Crippen molar-refractivity contribution in [3.63, 3.8) is 0 Å². The van der Waals surface area contributed by atoms with Gasteiger partial charge in [-0.05, 0) is 23.9 Å². The number of hydrogen-bond acceptors (Lipinski definition) is 4. The molecule has 3 aromatic carbocycles. The molecule has 134 valence electrons. The molecule has 28 heavy (non-hydrogen) atoms. The van der Waals surface area contributed by atoms with Crippen molar-refractivity contribution in [2.75, 3.05) is 0 Å². The zero-order valence-electron chi connectivity index (χ0n) is 14.8. The zero-order chi connectivity index (χ0) is 18.9. The quantitative estimate of drug-likeness (QED) is 0.388. The van der Waals surface area contributed by atoms with E-state index in [1.807, 2.05) is 95.4 Å². The first-order valence-electron chi connectivity index (χ1n) is 8.91. The molecule has 2 aromatic heterocycles. The van der Waals surface area contributed by atoms with Gasteiger partial charge in [0.15, 0.2) is 0 Å². The molecule has 4 nitrogen and oxygen atoms in total. The molecule has 0 radical (unpaired) electrons. The molecule has 5 heteroatoms. The Bertz CT molecular complexity index is 1300. The molecule has 0 aliphatic rings. The summed E-state index contributed by atoms with van der Waals surface area (Å²) in [6.07, 6.45) is 0. The van der Waals surface area contributed by atoms with E-state index in [2.05, 4.69) is 4.98 Å². The standard InChI is InChI=1S/C23H15N3OS/c27-22(17-12-6-2-7-13-17)28-21-20(16-10-4-1-5-11-16)25-23-24-18-14-8-3-9-15-19(18)26(21)23/h1-15H. The average molecular weight is 381 g/mol. The maximum absolute atomic E-state index is 13.0. The smallest absolute Gasteiger partial charge is 0.236 e. The normalized spacial score (nSPS) is 11.1. The molecule has 0 amide bonds. The predicted octanol–water partition coefficient (Wildman–Crippen LogP) is 5.48. The maximum Gasteiger partial charge on any atom is 0.236 e. The number of aromatic nitrogens is 3. The summed E-state index contributed by atoms with van der Waals surface area (Å²) in [6.45, 7) is 0. The Morgan fingerprint density at radius 3 is 2.14 bits per heavy atom. The van der Waals surface area contributed by atoms with Gasteiger partial charge in [0.2, 0.25) is 10.9 Å². The molecule has 0 aliphatic heterocycles. The molecule has 0 spiro atoms. The zero-order valence-corrected chi connectivity index (χ0v) is 15.6. The molecular weight excluding hydrogens is 366 g/mol. The third-order valence-electron chi connectivity index (χ3n) is 4.52. The number of rotatable bonds is 3. The minimum Gasteiger partial charge on any atom is -0.281 e. The topological polar surface area (TPSA) is 47.3 Å². The summed E-state index contributed by atoms with van der Waals surface area (Å²) >= 11 is 1.19. The van der Waals surface area contributed by atoms with Crippen LogP contribution in [0.2, 0.25) is 0 Å². The van der Waals surface area contributed by atoms with Gasteiger partial charge in [0.1, 0.15) is 10.7 Å². The second-order valence-electron chi connectivity index (χ2n) is 6.32. The van der Waals surface area contributed by atoms with Crippen molar-refractivity contribution in [1.82, 2.24) is 14.4 Å². The minimum atomic E-state index is -0.0192. The van der Waals surface area contributed by atoms with Crippen LogP contribution >= 0.6 is 11.8 Å². The van der Waals surface area contributed by atoms with Crippen LogP contribution in [0.4, 0.5) is 0 Å². The number of imidazole rings is 2. The number of nitrogens with zero attached hydrogens (tertiary/aromatic N) is 3. The number of thioether (sulfide) groups is 1. The largest absolute Gasteiger partial charge is 0.281 e. The van der Waals surface area contributed by atoms with E-state index in [1.165, 1.54) is 11.8 Å². The van der Waals surface area contributed by atoms with Gasteiger partial charge in [0, 0.05) is 11.1 Å². The Hall–Kier alpha value is -3.44. The third-order valence-corrected chi connectivity index (χ3v) is 5.51. The van der Waals surface area contributed by atoms with Crippen LogP contribution in [0.3, 0.4) is 0 Å². The van der Waals surface area contributed by atoms with Gasteiger partial charge in [-0.3, -0.25) is 9.20 Å². The van der Waals surface area contributed by atoms with E-state index >= 15 is 0 Å².